The highest BCUT2D eigenvalue weighted by atomic mass is 16.5. The molecule has 3 nitrogen and oxygen atoms in total. The molecule has 106 valence electrons. The second-order valence-corrected chi connectivity index (χ2v) is 5.25. The van der Waals surface area contributed by atoms with Gasteiger partial charge in [-0.15, -0.1) is 0 Å². The summed E-state index contributed by atoms with van der Waals surface area (Å²) in [6, 6.07) is 16.1. The lowest BCUT2D eigenvalue weighted by Crippen LogP contribution is -2.12. The Hall–Kier alpha value is -2.42. The minimum Gasteiger partial charge on any atom is -0.486 e. The van der Waals surface area contributed by atoms with Gasteiger partial charge in [0.2, 0.25) is 0 Å². The van der Waals surface area contributed by atoms with Gasteiger partial charge < -0.3 is 4.74 Å². The van der Waals surface area contributed by atoms with E-state index in [1.54, 1.807) is 36.4 Å². The summed E-state index contributed by atoms with van der Waals surface area (Å²) >= 11 is 0. The van der Waals surface area contributed by atoms with E-state index in [1.165, 1.54) is 0 Å². The predicted octanol–water partition coefficient (Wildman–Crippen LogP) is 3.28. The Balaban J connectivity index is 1.63. The van der Waals surface area contributed by atoms with Crippen LogP contribution in [0, 0.1) is 5.92 Å². The fourth-order valence-corrected chi connectivity index (χ4v) is 2.14. The van der Waals surface area contributed by atoms with Crippen LogP contribution in [0.2, 0.25) is 0 Å². The second kappa shape index (κ2) is 5.92. The van der Waals surface area contributed by atoms with E-state index in [4.69, 9.17) is 4.74 Å². The maximum atomic E-state index is 12.2. The van der Waals surface area contributed by atoms with Gasteiger partial charge in [0.05, 0.1) is 0 Å². The third-order valence-electron chi connectivity index (χ3n) is 3.57. The molecule has 0 spiro atoms. The average molecular weight is 280 g/mol. The molecule has 0 saturated heterocycles. The molecule has 0 atom stereocenters. The van der Waals surface area contributed by atoms with Crippen molar-refractivity contribution in [1.29, 1.82) is 0 Å². The fourth-order valence-electron chi connectivity index (χ4n) is 2.14. The standard InChI is InChI=1S/C18H16O3/c19-17(13-6-7-13)12-21-16-10-8-15(9-11-16)18(20)14-4-2-1-3-5-14/h1-5,8-11,13H,6-7,12H2. The first-order valence-electron chi connectivity index (χ1n) is 7.09. The topological polar surface area (TPSA) is 43.4 Å². The lowest BCUT2D eigenvalue weighted by molar-refractivity contribution is -0.122. The van der Waals surface area contributed by atoms with Crippen molar-refractivity contribution in [3.8, 4) is 5.75 Å². The van der Waals surface area contributed by atoms with Crippen LogP contribution in [0.3, 0.4) is 0 Å². The van der Waals surface area contributed by atoms with Crippen molar-refractivity contribution in [3.05, 3.63) is 65.7 Å². The molecule has 1 aliphatic rings. The number of hydrogen-bond acceptors (Lipinski definition) is 3. The maximum Gasteiger partial charge on any atom is 0.193 e. The zero-order chi connectivity index (χ0) is 14.7. The van der Waals surface area contributed by atoms with Crippen molar-refractivity contribution >= 4 is 11.6 Å². The fraction of sp³-hybridized carbons (Fsp3) is 0.222. The van der Waals surface area contributed by atoms with Gasteiger partial charge in [0.1, 0.15) is 12.4 Å². The van der Waals surface area contributed by atoms with Crippen LogP contribution < -0.4 is 4.74 Å². The number of Topliss-reactive ketones (excluding diaryl/α,β-unsaturated/α-hetero) is 1. The molecule has 0 heterocycles. The lowest BCUT2D eigenvalue weighted by atomic mass is 10.0. The van der Waals surface area contributed by atoms with Crippen molar-refractivity contribution < 1.29 is 14.3 Å². The Kier molecular flexibility index (Phi) is 3.82. The van der Waals surface area contributed by atoms with Crippen molar-refractivity contribution in [2.24, 2.45) is 5.92 Å². The Bertz CT molecular complexity index is 640. The molecule has 3 heteroatoms. The Labute approximate surface area is 123 Å². The van der Waals surface area contributed by atoms with Gasteiger partial charge in [-0.3, -0.25) is 9.59 Å². The van der Waals surface area contributed by atoms with Crippen LogP contribution in [-0.2, 0) is 4.79 Å². The Morgan fingerprint density at radius 3 is 2.14 bits per heavy atom. The number of carbonyl (C=O) groups is 2. The molecule has 0 aliphatic heterocycles. The highest BCUT2D eigenvalue weighted by molar-refractivity contribution is 6.08. The zero-order valence-electron chi connectivity index (χ0n) is 11.6. The van der Waals surface area contributed by atoms with Crippen LogP contribution in [0.5, 0.6) is 5.75 Å². The lowest BCUT2D eigenvalue weighted by Gasteiger charge is -2.06. The van der Waals surface area contributed by atoms with Crippen LogP contribution in [-0.4, -0.2) is 18.2 Å². The molecule has 0 radical (unpaired) electrons. The van der Waals surface area contributed by atoms with Gasteiger partial charge in [-0.05, 0) is 37.1 Å². The van der Waals surface area contributed by atoms with Crippen LogP contribution in [0.4, 0.5) is 0 Å². The number of ether oxygens (including phenoxy) is 1. The second-order valence-electron chi connectivity index (χ2n) is 5.25. The molecule has 1 fully saturated rings. The van der Waals surface area contributed by atoms with E-state index >= 15 is 0 Å². The SMILES string of the molecule is O=C(c1ccccc1)c1ccc(OCC(=O)C2CC2)cc1. The summed E-state index contributed by atoms with van der Waals surface area (Å²) < 4.78 is 5.45. The predicted molar refractivity (Wildman–Crippen MR) is 79.5 cm³/mol. The minimum atomic E-state index is -0.0174. The van der Waals surface area contributed by atoms with Gasteiger partial charge >= 0.3 is 0 Å². The number of hydrogen-bond donors (Lipinski definition) is 0. The molecule has 1 aliphatic carbocycles. The first-order valence-corrected chi connectivity index (χ1v) is 7.09. The van der Waals surface area contributed by atoms with Gasteiger partial charge in [0.15, 0.2) is 11.6 Å². The van der Waals surface area contributed by atoms with Crippen molar-refractivity contribution in [1.82, 2.24) is 0 Å². The van der Waals surface area contributed by atoms with Crippen LogP contribution in [0.15, 0.2) is 54.6 Å². The van der Waals surface area contributed by atoms with E-state index in [0.29, 0.717) is 16.9 Å². The Morgan fingerprint density at radius 1 is 0.905 bits per heavy atom. The molecule has 0 amide bonds. The van der Waals surface area contributed by atoms with Crippen molar-refractivity contribution in [2.45, 2.75) is 12.8 Å². The van der Waals surface area contributed by atoms with E-state index < -0.39 is 0 Å². The van der Waals surface area contributed by atoms with E-state index in [1.807, 2.05) is 18.2 Å². The van der Waals surface area contributed by atoms with E-state index in [0.717, 1.165) is 12.8 Å². The third kappa shape index (κ3) is 3.37. The molecule has 0 bridgehead atoms. The maximum absolute atomic E-state index is 12.2. The molecular formula is C18H16O3. The molecule has 3 rings (SSSR count). The summed E-state index contributed by atoms with van der Waals surface area (Å²) in [5.41, 5.74) is 1.28. The number of benzene rings is 2. The number of ketones is 2. The highest BCUT2D eigenvalue weighted by Gasteiger charge is 2.29. The summed E-state index contributed by atoms with van der Waals surface area (Å²) in [7, 11) is 0. The summed E-state index contributed by atoms with van der Waals surface area (Å²) in [4.78, 5) is 23.8. The number of rotatable bonds is 6. The summed E-state index contributed by atoms with van der Waals surface area (Å²) in [6.45, 7) is 0.122. The van der Waals surface area contributed by atoms with Gasteiger partial charge in [0, 0.05) is 17.0 Å². The van der Waals surface area contributed by atoms with Crippen molar-refractivity contribution in [2.75, 3.05) is 6.61 Å². The smallest absolute Gasteiger partial charge is 0.193 e. The van der Waals surface area contributed by atoms with Crippen LogP contribution in [0.1, 0.15) is 28.8 Å². The average Bonchev–Trinajstić information content (AvgIpc) is 3.38. The molecular weight excluding hydrogens is 264 g/mol. The first kappa shape index (κ1) is 13.6. The van der Waals surface area contributed by atoms with E-state index in [9.17, 15) is 9.59 Å². The quantitative estimate of drug-likeness (QED) is 0.763. The molecule has 0 N–H and O–H groups in total. The molecule has 0 unspecified atom stereocenters. The Morgan fingerprint density at radius 2 is 1.52 bits per heavy atom. The first-order chi connectivity index (χ1) is 10.2. The summed E-state index contributed by atoms with van der Waals surface area (Å²) in [5, 5.41) is 0. The number of carbonyl (C=O) groups excluding carboxylic acids is 2. The van der Waals surface area contributed by atoms with Crippen LogP contribution >= 0.6 is 0 Å². The third-order valence-corrected chi connectivity index (χ3v) is 3.57. The monoisotopic (exact) mass is 280 g/mol. The zero-order valence-corrected chi connectivity index (χ0v) is 11.6. The normalized spacial score (nSPS) is 13.7. The molecule has 1 saturated carbocycles. The molecule has 21 heavy (non-hydrogen) atoms. The van der Waals surface area contributed by atoms with Gasteiger partial charge in [-0.1, -0.05) is 30.3 Å². The van der Waals surface area contributed by atoms with E-state index in [2.05, 4.69) is 0 Å². The largest absolute Gasteiger partial charge is 0.486 e. The highest BCUT2D eigenvalue weighted by Crippen LogP contribution is 2.29. The van der Waals surface area contributed by atoms with Gasteiger partial charge in [-0.2, -0.15) is 0 Å². The van der Waals surface area contributed by atoms with Gasteiger partial charge in [-0.25, -0.2) is 0 Å². The summed E-state index contributed by atoms with van der Waals surface area (Å²) in [6.07, 6.45) is 1.99. The van der Waals surface area contributed by atoms with Crippen molar-refractivity contribution in [3.63, 3.8) is 0 Å². The molecule has 2 aromatic carbocycles. The minimum absolute atomic E-state index is 0.0174. The van der Waals surface area contributed by atoms with E-state index in [-0.39, 0.29) is 24.1 Å². The summed E-state index contributed by atoms with van der Waals surface area (Å²) in [5.74, 6) is 0.980. The van der Waals surface area contributed by atoms with Gasteiger partial charge in [0.25, 0.3) is 0 Å². The molecule has 2 aromatic rings. The molecule has 0 aromatic heterocycles. The van der Waals surface area contributed by atoms with Crippen LogP contribution in [0.25, 0.3) is 0 Å².